The van der Waals surface area contributed by atoms with E-state index in [0.29, 0.717) is 5.02 Å². The van der Waals surface area contributed by atoms with E-state index in [-0.39, 0.29) is 6.10 Å². The molecule has 1 nitrogen and oxygen atoms in total. The van der Waals surface area contributed by atoms with Crippen LogP contribution in [0.3, 0.4) is 0 Å². The molecule has 0 N–H and O–H groups in total. The Hall–Kier alpha value is -0.690. The van der Waals surface area contributed by atoms with Crippen molar-refractivity contribution < 1.29 is 4.74 Å². The highest BCUT2D eigenvalue weighted by Gasteiger charge is 2.02. The minimum absolute atomic E-state index is 0.205. The summed E-state index contributed by atoms with van der Waals surface area (Å²) >= 11 is 5.81. The molecule has 0 bridgehead atoms. The van der Waals surface area contributed by atoms with Crippen LogP contribution in [0.1, 0.15) is 19.8 Å². The molecule has 0 aliphatic carbocycles. The molecule has 13 heavy (non-hydrogen) atoms. The maximum atomic E-state index is 5.81. The van der Waals surface area contributed by atoms with Gasteiger partial charge in [-0.3, -0.25) is 0 Å². The van der Waals surface area contributed by atoms with Crippen LogP contribution in [-0.2, 0) is 0 Å². The summed E-state index contributed by atoms with van der Waals surface area (Å²) in [6, 6.07) is 7.45. The lowest BCUT2D eigenvalue weighted by Gasteiger charge is -2.13. The number of rotatable bonds is 4. The van der Waals surface area contributed by atoms with Gasteiger partial charge in [-0.2, -0.15) is 0 Å². The second-order valence-electron chi connectivity index (χ2n) is 3.03. The van der Waals surface area contributed by atoms with E-state index in [1.807, 2.05) is 31.2 Å². The first-order chi connectivity index (χ1) is 6.22. The molecule has 1 atom stereocenters. The molecule has 0 fully saturated rings. The minimum atomic E-state index is 0.205. The summed E-state index contributed by atoms with van der Waals surface area (Å²) in [5.41, 5.74) is 0. The van der Waals surface area contributed by atoms with Crippen LogP contribution in [0.25, 0.3) is 0 Å². The Labute approximate surface area is 84.7 Å². The van der Waals surface area contributed by atoms with Crippen molar-refractivity contribution in [3.05, 3.63) is 36.2 Å². The predicted octanol–water partition coefficient (Wildman–Crippen LogP) is 3.72. The van der Waals surface area contributed by atoms with Crippen LogP contribution in [0.4, 0.5) is 0 Å². The van der Waals surface area contributed by atoms with Gasteiger partial charge in [0, 0.05) is 5.02 Å². The second kappa shape index (κ2) is 5.13. The van der Waals surface area contributed by atoms with E-state index in [1.165, 1.54) is 0 Å². The summed E-state index contributed by atoms with van der Waals surface area (Å²) in [6.07, 6.45) is 2.06. The van der Waals surface area contributed by atoms with E-state index >= 15 is 0 Å². The Balaban J connectivity index is 2.53. The molecule has 0 amide bonds. The molecule has 0 saturated heterocycles. The Morgan fingerprint density at radius 1 is 1.54 bits per heavy atom. The number of hydrogen-bond donors (Lipinski definition) is 0. The fraction of sp³-hybridized carbons (Fsp3) is 0.364. The molecule has 1 radical (unpaired) electrons. The molecular weight excluding hydrogens is 184 g/mol. The van der Waals surface area contributed by atoms with Gasteiger partial charge in [-0.25, -0.2) is 0 Å². The van der Waals surface area contributed by atoms with Gasteiger partial charge in [-0.1, -0.05) is 24.6 Å². The molecule has 0 saturated carbocycles. The lowest BCUT2D eigenvalue weighted by molar-refractivity contribution is 0.212. The molecule has 1 unspecified atom stereocenters. The second-order valence-corrected chi connectivity index (χ2v) is 3.46. The van der Waals surface area contributed by atoms with Crippen LogP contribution in [0, 0.1) is 6.92 Å². The molecule has 0 spiro atoms. The predicted molar refractivity (Wildman–Crippen MR) is 56.1 cm³/mol. The van der Waals surface area contributed by atoms with Gasteiger partial charge in [0.15, 0.2) is 0 Å². The van der Waals surface area contributed by atoms with E-state index in [2.05, 4.69) is 6.92 Å². The van der Waals surface area contributed by atoms with Crippen molar-refractivity contribution in [2.24, 2.45) is 0 Å². The summed E-state index contributed by atoms with van der Waals surface area (Å²) in [5, 5.41) is 0.708. The fourth-order valence-corrected chi connectivity index (χ4v) is 1.30. The Kier molecular flexibility index (Phi) is 4.10. The van der Waals surface area contributed by atoms with Crippen molar-refractivity contribution in [1.29, 1.82) is 0 Å². The Bertz CT molecular complexity index is 260. The average molecular weight is 198 g/mol. The fourth-order valence-electron chi connectivity index (χ4n) is 1.12. The Morgan fingerprint density at radius 2 is 2.31 bits per heavy atom. The van der Waals surface area contributed by atoms with E-state index < -0.39 is 0 Å². The number of benzene rings is 1. The van der Waals surface area contributed by atoms with Gasteiger partial charge in [-0.05, 0) is 38.0 Å². The number of halogens is 1. The van der Waals surface area contributed by atoms with Crippen LogP contribution < -0.4 is 4.74 Å². The zero-order valence-electron chi connectivity index (χ0n) is 7.79. The molecule has 71 valence electrons. The molecule has 1 aromatic carbocycles. The standard InChI is InChI=1S/C11H14ClO/c1-3-5-9(2)13-11-7-4-6-10(12)8-11/h4,6-9H,1,3,5H2,2H3. The molecule has 2 heteroatoms. The monoisotopic (exact) mass is 197 g/mol. The van der Waals surface area contributed by atoms with Gasteiger partial charge in [0.05, 0.1) is 6.10 Å². The third kappa shape index (κ3) is 3.69. The molecule has 1 rings (SSSR count). The molecule has 0 aliphatic heterocycles. The number of ether oxygens (including phenoxy) is 1. The third-order valence-corrected chi connectivity index (χ3v) is 1.98. The molecule has 0 aliphatic rings. The van der Waals surface area contributed by atoms with Crippen LogP contribution in [-0.4, -0.2) is 6.10 Å². The molecule has 0 heterocycles. The van der Waals surface area contributed by atoms with Crippen molar-refractivity contribution >= 4 is 11.6 Å². The molecule has 1 aromatic rings. The molecular formula is C11H14ClO. The zero-order valence-corrected chi connectivity index (χ0v) is 8.55. The van der Waals surface area contributed by atoms with Gasteiger partial charge in [0.2, 0.25) is 0 Å². The summed E-state index contributed by atoms with van der Waals surface area (Å²) < 4.78 is 5.61. The van der Waals surface area contributed by atoms with E-state index in [9.17, 15) is 0 Å². The zero-order chi connectivity index (χ0) is 9.68. The maximum Gasteiger partial charge on any atom is 0.121 e. The Morgan fingerprint density at radius 3 is 2.92 bits per heavy atom. The normalized spacial score (nSPS) is 12.5. The topological polar surface area (TPSA) is 9.23 Å². The van der Waals surface area contributed by atoms with Crippen molar-refractivity contribution in [1.82, 2.24) is 0 Å². The lowest BCUT2D eigenvalue weighted by atomic mass is 10.2. The summed E-state index contributed by atoms with van der Waals surface area (Å²) in [5.74, 6) is 0.827. The minimum Gasteiger partial charge on any atom is -0.491 e. The summed E-state index contributed by atoms with van der Waals surface area (Å²) in [6.45, 7) is 5.81. The highest BCUT2D eigenvalue weighted by atomic mass is 35.5. The van der Waals surface area contributed by atoms with Crippen LogP contribution in [0.5, 0.6) is 5.75 Å². The summed E-state index contributed by atoms with van der Waals surface area (Å²) in [4.78, 5) is 0. The van der Waals surface area contributed by atoms with Crippen molar-refractivity contribution in [3.8, 4) is 5.75 Å². The van der Waals surface area contributed by atoms with Crippen molar-refractivity contribution in [2.75, 3.05) is 0 Å². The van der Waals surface area contributed by atoms with Crippen LogP contribution in [0.2, 0.25) is 5.02 Å². The van der Waals surface area contributed by atoms with E-state index in [0.717, 1.165) is 18.6 Å². The van der Waals surface area contributed by atoms with Gasteiger partial charge < -0.3 is 4.74 Å². The van der Waals surface area contributed by atoms with Gasteiger partial charge in [-0.15, -0.1) is 0 Å². The largest absolute Gasteiger partial charge is 0.491 e. The summed E-state index contributed by atoms with van der Waals surface area (Å²) in [7, 11) is 0. The van der Waals surface area contributed by atoms with Gasteiger partial charge in [0.1, 0.15) is 5.75 Å². The van der Waals surface area contributed by atoms with Gasteiger partial charge >= 0.3 is 0 Å². The highest BCUT2D eigenvalue weighted by Crippen LogP contribution is 2.19. The van der Waals surface area contributed by atoms with Gasteiger partial charge in [0.25, 0.3) is 0 Å². The van der Waals surface area contributed by atoms with E-state index in [1.54, 1.807) is 0 Å². The quantitative estimate of drug-likeness (QED) is 0.715. The van der Waals surface area contributed by atoms with Crippen molar-refractivity contribution in [3.63, 3.8) is 0 Å². The average Bonchev–Trinajstić information content (AvgIpc) is 2.04. The smallest absolute Gasteiger partial charge is 0.121 e. The molecule has 0 aromatic heterocycles. The van der Waals surface area contributed by atoms with Crippen LogP contribution >= 0.6 is 11.6 Å². The first kappa shape index (κ1) is 10.4. The van der Waals surface area contributed by atoms with E-state index in [4.69, 9.17) is 16.3 Å². The first-order valence-electron chi connectivity index (χ1n) is 4.44. The maximum absolute atomic E-state index is 5.81. The van der Waals surface area contributed by atoms with Crippen LogP contribution in [0.15, 0.2) is 24.3 Å². The third-order valence-electron chi connectivity index (χ3n) is 1.74. The SMILES string of the molecule is [CH2]CCC(C)Oc1cccc(Cl)c1. The lowest BCUT2D eigenvalue weighted by Crippen LogP contribution is -2.10. The van der Waals surface area contributed by atoms with Crippen molar-refractivity contribution in [2.45, 2.75) is 25.9 Å². The first-order valence-corrected chi connectivity index (χ1v) is 4.81. The highest BCUT2D eigenvalue weighted by molar-refractivity contribution is 6.30. The number of hydrogen-bond acceptors (Lipinski definition) is 1.